The van der Waals surface area contributed by atoms with Crippen molar-refractivity contribution in [1.29, 1.82) is 0 Å². The summed E-state index contributed by atoms with van der Waals surface area (Å²) in [6.07, 6.45) is 4.87. The first-order chi connectivity index (χ1) is 6.81. The number of rotatable bonds is 1. The van der Waals surface area contributed by atoms with Crippen molar-refractivity contribution in [3.8, 4) is 10.7 Å². The monoisotopic (exact) mass is 202 g/mol. The highest BCUT2D eigenvalue weighted by molar-refractivity contribution is 7.19. The fourth-order valence-electron chi connectivity index (χ4n) is 1.01. The van der Waals surface area contributed by atoms with Crippen LogP contribution in [0.3, 0.4) is 0 Å². The van der Waals surface area contributed by atoms with Crippen LogP contribution in [0.5, 0.6) is 0 Å². The van der Waals surface area contributed by atoms with Crippen LogP contribution < -0.4 is 0 Å². The van der Waals surface area contributed by atoms with Gasteiger partial charge in [-0.3, -0.25) is 15.0 Å². The Morgan fingerprint density at radius 3 is 2.86 bits per heavy atom. The van der Waals surface area contributed by atoms with Crippen molar-refractivity contribution in [3.05, 3.63) is 35.7 Å². The van der Waals surface area contributed by atoms with Crippen molar-refractivity contribution in [3.63, 3.8) is 0 Å². The molecule has 2 aromatic heterocycles. The zero-order chi connectivity index (χ0) is 9.97. The maximum Gasteiger partial charge on any atom is 0.263 e. The molecule has 5 heteroatoms. The standard InChI is InChI=1S/C9H6N4S/c1-6-8(10-2)14-9(13-6)7-5-11-3-4-12-7/h3-5H,1H3. The van der Waals surface area contributed by atoms with Gasteiger partial charge >= 0.3 is 0 Å². The molecule has 0 aliphatic carbocycles. The van der Waals surface area contributed by atoms with Crippen LogP contribution in [0.4, 0.5) is 5.00 Å². The quantitative estimate of drug-likeness (QED) is 0.667. The predicted octanol–water partition coefficient (Wildman–Crippen LogP) is 2.46. The van der Waals surface area contributed by atoms with E-state index < -0.39 is 0 Å². The molecule has 0 aromatic carbocycles. The Kier molecular flexibility index (Phi) is 2.21. The van der Waals surface area contributed by atoms with Crippen molar-refractivity contribution in [2.45, 2.75) is 6.92 Å². The normalized spacial score (nSPS) is 9.71. The van der Waals surface area contributed by atoms with Crippen molar-refractivity contribution in [2.75, 3.05) is 0 Å². The third kappa shape index (κ3) is 1.47. The molecule has 68 valence electrons. The topological polar surface area (TPSA) is 43.0 Å². The van der Waals surface area contributed by atoms with Gasteiger partial charge < -0.3 is 0 Å². The molecular formula is C9H6N4S. The van der Waals surface area contributed by atoms with Crippen LogP contribution in [0.1, 0.15) is 5.69 Å². The summed E-state index contributed by atoms with van der Waals surface area (Å²) in [4.78, 5) is 15.7. The molecule has 14 heavy (non-hydrogen) atoms. The largest absolute Gasteiger partial charge is 0.263 e. The Hall–Kier alpha value is -1.80. The lowest BCUT2D eigenvalue weighted by Gasteiger charge is -1.91. The molecule has 0 bridgehead atoms. The fourth-order valence-corrected chi connectivity index (χ4v) is 1.83. The maximum absolute atomic E-state index is 6.92. The summed E-state index contributed by atoms with van der Waals surface area (Å²) in [7, 11) is 0. The first-order valence-corrected chi connectivity index (χ1v) is 4.74. The highest BCUT2D eigenvalue weighted by atomic mass is 32.1. The third-order valence-electron chi connectivity index (χ3n) is 1.66. The number of aromatic nitrogens is 3. The first kappa shape index (κ1) is 8.78. The van der Waals surface area contributed by atoms with Gasteiger partial charge in [0.2, 0.25) is 0 Å². The minimum Gasteiger partial charge on any atom is -0.261 e. The molecule has 0 atom stereocenters. The molecule has 0 amide bonds. The second-order valence-electron chi connectivity index (χ2n) is 2.61. The van der Waals surface area contributed by atoms with E-state index in [0.717, 1.165) is 16.4 Å². The minimum absolute atomic E-state index is 0.616. The molecule has 0 aliphatic heterocycles. The lowest BCUT2D eigenvalue weighted by molar-refractivity contribution is 1.18. The zero-order valence-electron chi connectivity index (χ0n) is 7.43. The van der Waals surface area contributed by atoms with Crippen molar-refractivity contribution >= 4 is 16.3 Å². The lowest BCUT2D eigenvalue weighted by Crippen LogP contribution is -1.82. The van der Waals surface area contributed by atoms with Crippen LogP contribution in [-0.4, -0.2) is 15.0 Å². The predicted molar refractivity (Wildman–Crippen MR) is 54.1 cm³/mol. The fraction of sp³-hybridized carbons (Fsp3) is 0.111. The van der Waals surface area contributed by atoms with E-state index in [4.69, 9.17) is 6.57 Å². The van der Waals surface area contributed by atoms with Crippen LogP contribution in [-0.2, 0) is 0 Å². The summed E-state index contributed by atoms with van der Waals surface area (Å²) >= 11 is 1.34. The summed E-state index contributed by atoms with van der Waals surface area (Å²) in [6, 6.07) is 0. The molecular weight excluding hydrogens is 196 g/mol. The van der Waals surface area contributed by atoms with Gasteiger partial charge in [0.25, 0.3) is 5.00 Å². The number of nitrogens with zero attached hydrogens (tertiary/aromatic N) is 4. The van der Waals surface area contributed by atoms with Gasteiger partial charge in [0.05, 0.1) is 18.5 Å². The second-order valence-corrected chi connectivity index (χ2v) is 3.59. The van der Waals surface area contributed by atoms with Crippen LogP contribution >= 0.6 is 11.3 Å². The molecule has 2 heterocycles. The molecule has 0 saturated carbocycles. The molecule has 2 rings (SSSR count). The lowest BCUT2D eigenvalue weighted by atomic mass is 10.4. The molecule has 2 aromatic rings. The summed E-state index contributed by atoms with van der Waals surface area (Å²) in [6.45, 7) is 8.74. The molecule has 0 radical (unpaired) electrons. The van der Waals surface area contributed by atoms with Gasteiger partial charge in [-0.05, 0) is 6.92 Å². The maximum atomic E-state index is 6.92. The van der Waals surface area contributed by atoms with E-state index in [1.165, 1.54) is 11.3 Å². The Balaban J connectivity index is 2.50. The number of hydrogen-bond acceptors (Lipinski definition) is 4. The Morgan fingerprint density at radius 2 is 2.29 bits per heavy atom. The van der Waals surface area contributed by atoms with Crippen molar-refractivity contribution in [1.82, 2.24) is 15.0 Å². The van der Waals surface area contributed by atoms with Gasteiger partial charge in [0, 0.05) is 12.4 Å². The van der Waals surface area contributed by atoms with Gasteiger partial charge in [-0.2, -0.15) is 0 Å². The van der Waals surface area contributed by atoms with Crippen LogP contribution in [0.2, 0.25) is 0 Å². The van der Waals surface area contributed by atoms with E-state index in [0.29, 0.717) is 5.00 Å². The number of aryl methyl sites for hydroxylation is 1. The molecule has 0 fully saturated rings. The first-order valence-electron chi connectivity index (χ1n) is 3.92. The van der Waals surface area contributed by atoms with Gasteiger partial charge in [-0.1, -0.05) is 0 Å². The molecule has 0 aliphatic rings. The number of hydrogen-bond donors (Lipinski definition) is 0. The zero-order valence-corrected chi connectivity index (χ0v) is 8.25. The SMILES string of the molecule is [C-]#[N+]c1sc(-c2cnccn2)nc1C. The average Bonchev–Trinajstić information content (AvgIpc) is 2.61. The third-order valence-corrected chi connectivity index (χ3v) is 2.73. The molecule has 0 N–H and O–H groups in total. The highest BCUT2D eigenvalue weighted by Gasteiger charge is 2.09. The van der Waals surface area contributed by atoms with Crippen LogP contribution in [0.25, 0.3) is 15.5 Å². The summed E-state index contributed by atoms with van der Waals surface area (Å²) in [5.41, 5.74) is 1.47. The Labute approximate surface area is 85.1 Å². The van der Waals surface area contributed by atoms with Gasteiger partial charge in [0.15, 0.2) is 0 Å². The van der Waals surface area contributed by atoms with E-state index >= 15 is 0 Å². The van der Waals surface area contributed by atoms with E-state index in [-0.39, 0.29) is 0 Å². The molecule has 4 nitrogen and oxygen atoms in total. The van der Waals surface area contributed by atoms with Crippen molar-refractivity contribution in [2.24, 2.45) is 0 Å². The molecule has 0 saturated heterocycles. The molecule has 0 unspecified atom stereocenters. The Bertz CT molecular complexity index is 483. The Morgan fingerprint density at radius 1 is 1.43 bits per heavy atom. The average molecular weight is 202 g/mol. The van der Waals surface area contributed by atoms with Gasteiger partial charge in [-0.25, -0.2) is 4.85 Å². The van der Waals surface area contributed by atoms with Crippen LogP contribution in [0.15, 0.2) is 18.6 Å². The van der Waals surface area contributed by atoms with E-state index in [1.807, 2.05) is 6.92 Å². The summed E-state index contributed by atoms with van der Waals surface area (Å²) < 4.78 is 0. The summed E-state index contributed by atoms with van der Waals surface area (Å²) in [5, 5.41) is 1.37. The van der Waals surface area contributed by atoms with E-state index in [1.54, 1.807) is 18.6 Å². The second kappa shape index (κ2) is 3.52. The van der Waals surface area contributed by atoms with Gasteiger partial charge in [-0.15, -0.1) is 11.3 Å². The number of thiazole rings is 1. The highest BCUT2D eigenvalue weighted by Crippen LogP contribution is 2.32. The minimum atomic E-state index is 0.616. The van der Waals surface area contributed by atoms with Crippen molar-refractivity contribution < 1.29 is 0 Å². The van der Waals surface area contributed by atoms with E-state index in [2.05, 4.69) is 19.8 Å². The smallest absolute Gasteiger partial charge is 0.261 e. The van der Waals surface area contributed by atoms with Gasteiger partial charge in [0.1, 0.15) is 10.7 Å². The summed E-state index contributed by atoms with van der Waals surface area (Å²) in [5.74, 6) is 0. The molecule has 0 spiro atoms. The van der Waals surface area contributed by atoms with E-state index in [9.17, 15) is 0 Å². The van der Waals surface area contributed by atoms with Crippen LogP contribution in [0, 0.1) is 13.5 Å².